The Morgan fingerprint density at radius 1 is 1.33 bits per heavy atom. The topological polar surface area (TPSA) is 46.2 Å². The van der Waals surface area contributed by atoms with E-state index in [1.165, 1.54) is 25.7 Å². The van der Waals surface area contributed by atoms with Gasteiger partial charge in [-0.3, -0.25) is 0 Å². The first-order valence-corrected chi connectivity index (χ1v) is 4.99. The van der Waals surface area contributed by atoms with E-state index in [4.69, 9.17) is 5.73 Å². The first-order valence-electron chi connectivity index (χ1n) is 4.99. The molecule has 0 heterocycles. The van der Waals surface area contributed by atoms with Gasteiger partial charge in [0.05, 0.1) is 0 Å². The number of hydrogen-bond donors (Lipinski definition) is 2. The van der Waals surface area contributed by atoms with Crippen LogP contribution in [0, 0.1) is 5.92 Å². The molecule has 0 spiro atoms. The maximum Gasteiger partial charge on any atom is 0.113 e. The van der Waals surface area contributed by atoms with Crippen LogP contribution in [0.3, 0.4) is 0 Å². The predicted molar refractivity (Wildman–Crippen MR) is 52.7 cm³/mol. The van der Waals surface area contributed by atoms with Crippen molar-refractivity contribution in [3.8, 4) is 0 Å². The summed E-state index contributed by atoms with van der Waals surface area (Å²) in [7, 11) is 0. The zero-order chi connectivity index (χ0) is 9.61. The minimum absolute atomic E-state index is 0.203. The van der Waals surface area contributed by atoms with Crippen LogP contribution in [-0.2, 0) is 0 Å². The van der Waals surface area contributed by atoms with Gasteiger partial charge in [0.15, 0.2) is 0 Å². The summed E-state index contributed by atoms with van der Waals surface area (Å²) in [6.45, 7) is 5.88. The van der Waals surface area contributed by atoms with Crippen molar-refractivity contribution in [3.05, 3.63) is 0 Å². The first kappa shape index (κ1) is 11.9. The first-order chi connectivity index (χ1) is 5.48. The molecule has 0 saturated carbocycles. The van der Waals surface area contributed by atoms with Gasteiger partial charge in [0.1, 0.15) is 5.72 Å². The van der Waals surface area contributed by atoms with Crippen molar-refractivity contribution >= 4 is 0 Å². The largest absolute Gasteiger partial charge is 0.376 e. The molecule has 0 aromatic heterocycles. The van der Waals surface area contributed by atoms with Gasteiger partial charge in [0, 0.05) is 0 Å². The second-order valence-corrected chi connectivity index (χ2v) is 3.98. The third-order valence-corrected chi connectivity index (χ3v) is 2.49. The van der Waals surface area contributed by atoms with Crippen LogP contribution in [0.25, 0.3) is 0 Å². The van der Waals surface area contributed by atoms with E-state index in [0.29, 0.717) is 0 Å². The van der Waals surface area contributed by atoms with Gasteiger partial charge in [-0.25, -0.2) is 0 Å². The smallest absolute Gasteiger partial charge is 0.113 e. The minimum Gasteiger partial charge on any atom is -0.376 e. The number of hydrogen-bond acceptors (Lipinski definition) is 2. The average Bonchev–Trinajstić information content (AvgIpc) is 1.96. The number of unbranched alkanes of at least 4 members (excludes halogenated alkanes) is 3. The van der Waals surface area contributed by atoms with Gasteiger partial charge in [0.2, 0.25) is 0 Å². The molecule has 2 heteroatoms. The lowest BCUT2D eigenvalue weighted by molar-refractivity contribution is 0.00812. The molecule has 0 radical (unpaired) electrons. The van der Waals surface area contributed by atoms with Crippen molar-refractivity contribution in [2.24, 2.45) is 11.7 Å². The Bertz CT molecular complexity index is 107. The normalized spacial score (nSPS) is 18.8. The molecule has 74 valence electrons. The summed E-state index contributed by atoms with van der Waals surface area (Å²) < 4.78 is 0. The average molecular weight is 173 g/mol. The molecule has 0 aliphatic heterocycles. The Balaban J connectivity index is 3.38. The summed E-state index contributed by atoms with van der Waals surface area (Å²) in [5, 5.41) is 9.42. The molecule has 3 N–H and O–H groups in total. The molecular weight excluding hydrogens is 150 g/mol. The third kappa shape index (κ3) is 5.56. The van der Waals surface area contributed by atoms with Gasteiger partial charge in [-0.1, -0.05) is 39.5 Å². The quantitative estimate of drug-likeness (QED) is 0.478. The summed E-state index contributed by atoms with van der Waals surface area (Å²) in [4.78, 5) is 0. The monoisotopic (exact) mass is 173 g/mol. The summed E-state index contributed by atoms with van der Waals surface area (Å²) in [6.07, 6.45) is 6.02. The van der Waals surface area contributed by atoms with Gasteiger partial charge in [-0.05, 0) is 19.3 Å². The van der Waals surface area contributed by atoms with Crippen molar-refractivity contribution in [2.75, 3.05) is 0 Å². The van der Waals surface area contributed by atoms with Crippen LogP contribution in [0.1, 0.15) is 52.9 Å². The fourth-order valence-corrected chi connectivity index (χ4v) is 1.17. The van der Waals surface area contributed by atoms with E-state index in [1.807, 2.05) is 6.92 Å². The van der Waals surface area contributed by atoms with Crippen LogP contribution in [0.5, 0.6) is 0 Å². The van der Waals surface area contributed by atoms with E-state index < -0.39 is 5.72 Å². The Kier molecular flexibility index (Phi) is 5.51. The van der Waals surface area contributed by atoms with Crippen LogP contribution in [0.15, 0.2) is 0 Å². The molecular formula is C10H23NO. The van der Waals surface area contributed by atoms with E-state index >= 15 is 0 Å². The van der Waals surface area contributed by atoms with E-state index in [9.17, 15) is 5.11 Å². The maximum atomic E-state index is 9.42. The number of aliphatic hydroxyl groups is 1. The highest BCUT2D eigenvalue weighted by atomic mass is 16.3. The highest BCUT2D eigenvalue weighted by molar-refractivity contribution is 4.71. The summed E-state index contributed by atoms with van der Waals surface area (Å²) in [5.41, 5.74) is 4.56. The molecule has 2 atom stereocenters. The molecule has 0 aromatic carbocycles. The summed E-state index contributed by atoms with van der Waals surface area (Å²) >= 11 is 0. The van der Waals surface area contributed by atoms with Gasteiger partial charge < -0.3 is 10.8 Å². The van der Waals surface area contributed by atoms with Gasteiger partial charge in [-0.15, -0.1) is 0 Å². The maximum absolute atomic E-state index is 9.42. The van der Waals surface area contributed by atoms with Crippen molar-refractivity contribution in [2.45, 2.75) is 58.6 Å². The molecule has 2 nitrogen and oxygen atoms in total. The highest BCUT2D eigenvalue weighted by Gasteiger charge is 2.21. The standard InChI is InChI=1S/C10H23NO/c1-4-5-6-7-8-9(2)10(3,11)12/h9,12H,4-8,11H2,1-3H3. The van der Waals surface area contributed by atoms with Crippen LogP contribution in [0.2, 0.25) is 0 Å². The van der Waals surface area contributed by atoms with Gasteiger partial charge in [0.25, 0.3) is 0 Å². The van der Waals surface area contributed by atoms with E-state index in [2.05, 4.69) is 6.92 Å². The molecule has 0 saturated heterocycles. The molecule has 0 amide bonds. The lowest BCUT2D eigenvalue weighted by Gasteiger charge is -2.25. The van der Waals surface area contributed by atoms with E-state index in [-0.39, 0.29) is 5.92 Å². The molecule has 2 unspecified atom stereocenters. The van der Waals surface area contributed by atoms with Crippen molar-refractivity contribution in [3.63, 3.8) is 0 Å². The zero-order valence-electron chi connectivity index (χ0n) is 8.64. The second-order valence-electron chi connectivity index (χ2n) is 3.98. The molecule has 0 rings (SSSR count). The Hall–Kier alpha value is -0.0800. The Morgan fingerprint density at radius 3 is 2.33 bits per heavy atom. The molecule has 0 aliphatic carbocycles. The summed E-state index contributed by atoms with van der Waals surface area (Å²) in [5.74, 6) is 0.203. The minimum atomic E-state index is -0.994. The molecule has 12 heavy (non-hydrogen) atoms. The van der Waals surface area contributed by atoms with Gasteiger partial charge in [-0.2, -0.15) is 0 Å². The van der Waals surface area contributed by atoms with Crippen molar-refractivity contribution < 1.29 is 5.11 Å². The molecule has 0 bridgehead atoms. The van der Waals surface area contributed by atoms with E-state index in [1.54, 1.807) is 6.92 Å². The third-order valence-electron chi connectivity index (χ3n) is 2.49. The van der Waals surface area contributed by atoms with Crippen LogP contribution in [0.4, 0.5) is 0 Å². The van der Waals surface area contributed by atoms with Crippen molar-refractivity contribution in [1.82, 2.24) is 0 Å². The fourth-order valence-electron chi connectivity index (χ4n) is 1.17. The highest BCUT2D eigenvalue weighted by Crippen LogP contribution is 2.18. The van der Waals surface area contributed by atoms with Crippen LogP contribution < -0.4 is 5.73 Å². The Labute approximate surface area is 76.2 Å². The molecule has 0 aliphatic rings. The summed E-state index contributed by atoms with van der Waals surface area (Å²) in [6, 6.07) is 0. The van der Waals surface area contributed by atoms with Crippen LogP contribution in [-0.4, -0.2) is 10.8 Å². The zero-order valence-corrected chi connectivity index (χ0v) is 8.64. The van der Waals surface area contributed by atoms with E-state index in [0.717, 1.165) is 6.42 Å². The van der Waals surface area contributed by atoms with Crippen molar-refractivity contribution in [1.29, 1.82) is 0 Å². The Morgan fingerprint density at radius 2 is 1.92 bits per heavy atom. The number of nitrogens with two attached hydrogens (primary N) is 1. The predicted octanol–water partition coefficient (Wildman–Crippen LogP) is 2.26. The molecule has 0 fully saturated rings. The second kappa shape index (κ2) is 5.55. The fraction of sp³-hybridized carbons (Fsp3) is 1.00. The van der Waals surface area contributed by atoms with Gasteiger partial charge >= 0.3 is 0 Å². The van der Waals surface area contributed by atoms with Crippen LogP contribution >= 0.6 is 0 Å². The lowest BCUT2D eigenvalue weighted by atomic mass is 9.94. The number of rotatable bonds is 6. The molecule has 0 aromatic rings. The lowest BCUT2D eigenvalue weighted by Crippen LogP contribution is -2.42. The SMILES string of the molecule is CCCCCCC(C)C(C)(N)O.